The molecule has 2 aliphatic heterocycles. The highest BCUT2D eigenvalue weighted by molar-refractivity contribution is 6.32. The van der Waals surface area contributed by atoms with Crippen LogP contribution in [0.2, 0.25) is 5.02 Å². The zero-order valence-corrected chi connectivity index (χ0v) is 13.5. The Morgan fingerprint density at radius 2 is 2.04 bits per heavy atom. The molecule has 0 aromatic heterocycles. The van der Waals surface area contributed by atoms with Crippen LogP contribution in [-0.2, 0) is 6.54 Å². The van der Waals surface area contributed by atoms with Crippen molar-refractivity contribution in [3.8, 4) is 0 Å². The number of benzene rings is 2. The molecule has 2 aliphatic rings. The van der Waals surface area contributed by atoms with Gasteiger partial charge in [0.25, 0.3) is 0 Å². The van der Waals surface area contributed by atoms with Gasteiger partial charge in [-0.05, 0) is 49.2 Å². The zero-order valence-electron chi connectivity index (χ0n) is 12.7. The molecule has 2 aromatic rings. The van der Waals surface area contributed by atoms with Crippen LogP contribution < -0.4 is 5.32 Å². The van der Waals surface area contributed by atoms with E-state index in [1.165, 1.54) is 18.1 Å². The van der Waals surface area contributed by atoms with E-state index in [4.69, 9.17) is 11.6 Å². The molecule has 0 aliphatic carbocycles. The standard InChI is InChI=1S/C19H18ClFN2/c20-17-7-2-5-14-12-23(19-8-3-9-22-19)18(11-16(14)17)13-4-1-6-15(21)10-13/h1-2,4-7,10-11,19,22H,3,8-9,12H2/t19-/m0/s1. The summed E-state index contributed by atoms with van der Waals surface area (Å²) in [5.41, 5.74) is 4.18. The fourth-order valence-electron chi connectivity index (χ4n) is 3.48. The van der Waals surface area contributed by atoms with E-state index in [2.05, 4.69) is 22.4 Å². The van der Waals surface area contributed by atoms with Gasteiger partial charge in [0, 0.05) is 28.4 Å². The van der Waals surface area contributed by atoms with Crippen LogP contribution in [0.1, 0.15) is 29.5 Å². The van der Waals surface area contributed by atoms with Gasteiger partial charge in [-0.25, -0.2) is 4.39 Å². The molecule has 23 heavy (non-hydrogen) atoms. The first-order valence-electron chi connectivity index (χ1n) is 7.97. The fraction of sp³-hybridized carbons (Fsp3) is 0.263. The van der Waals surface area contributed by atoms with Crippen LogP contribution >= 0.6 is 11.6 Å². The van der Waals surface area contributed by atoms with Gasteiger partial charge in [0.15, 0.2) is 0 Å². The SMILES string of the molecule is Fc1cccc(C2=Cc3c(Cl)cccc3CN2[C@H]2CCCN2)c1. The number of halogens is 2. The molecule has 1 fully saturated rings. The molecule has 118 valence electrons. The molecular formula is C19H18ClFN2. The minimum absolute atomic E-state index is 0.215. The normalized spacial score (nSPS) is 20.3. The van der Waals surface area contributed by atoms with Crippen LogP contribution in [0.3, 0.4) is 0 Å². The highest BCUT2D eigenvalue weighted by atomic mass is 35.5. The van der Waals surface area contributed by atoms with Crippen molar-refractivity contribution >= 4 is 23.4 Å². The molecule has 2 aromatic carbocycles. The maximum absolute atomic E-state index is 13.7. The Bertz CT molecular complexity index is 766. The van der Waals surface area contributed by atoms with Gasteiger partial charge in [0.05, 0.1) is 6.17 Å². The van der Waals surface area contributed by atoms with Gasteiger partial charge < -0.3 is 4.90 Å². The molecule has 4 heteroatoms. The topological polar surface area (TPSA) is 15.3 Å². The highest BCUT2D eigenvalue weighted by Gasteiger charge is 2.28. The Morgan fingerprint density at radius 3 is 2.83 bits per heavy atom. The number of fused-ring (bicyclic) bond motifs is 1. The van der Waals surface area contributed by atoms with Crippen LogP contribution in [0.5, 0.6) is 0 Å². The van der Waals surface area contributed by atoms with E-state index in [0.717, 1.165) is 41.4 Å². The Hall–Kier alpha value is -1.84. The Kier molecular flexibility index (Phi) is 3.83. The first-order valence-corrected chi connectivity index (χ1v) is 8.35. The van der Waals surface area contributed by atoms with Gasteiger partial charge in [-0.2, -0.15) is 0 Å². The lowest BCUT2D eigenvalue weighted by Gasteiger charge is -2.37. The van der Waals surface area contributed by atoms with Crippen LogP contribution in [0.25, 0.3) is 11.8 Å². The zero-order chi connectivity index (χ0) is 15.8. The van der Waals surface area contributed by atoms with E-state index in [1.54, 1.807) is 12.1 Å². The minimum Gasteiger partial charge on any atom is -0.351 e. The van der Waals surface area contributed by atoms with Crippen molar-refractivity contribution in [2.45, 2.75) is 25.6 Å². The van der Waals surface area contributed by atoms with E-state index < -0.39 is 0 Å². The molecule has 0 amide bonds. The quantitative estimate of drug-likeness (QED) is 0.873. The van der Waals surface area contributed by atoms with E-state index in [-0.39, 0.29) is 12.0 Å². The van der Waals surface area contributed by atoms with Crippen molar-refractivity contribution in [1.29, 1.82) is 0 Å². The summed E-state index contributed by atoms with van der Waals surface area (Å²) >= 11 is 6.38. The van der Waals surface area contributed by atoms with Gasteiger partial charge >= 0.3 is 0 Å². The molecule has 1 N–H and O–H groups in total. The largest absolute Gasteiger partial charge is 0.351 e. The summed E-state index contributed by atoms with van der Waals surface area (Å²) in [7, 11) is 0. The number of hydrogen-bond acceptors (Lipinski definition) is 2. The van der Waals surface area contributed by atoms with Crippen molar-refractivity contribution in [2.24, 2.45) is 0 Å². The summed E-state index contributed by atoms with van der Waals surface area (Å²) in [6.07, 6.45) is 4.65. The number of hydrogen-bond donors (Lipinski definition) is 1. The molecule has 0 unspecified atom stereocenters. The summed E-state index contributed by atoms with van der Waals surface area (Å²) in [6.45, 7) is 1.82. The summed E-state index contributed by atoms with van der Waals surface area (Å²) in [5.74, 6) is -0.215. The van der Waals surface area contributed by atoms with E-state index >= 15 is 0 Å². The summed E-state index contributed by atoms with van der Waals surface area (Å²) in [4.78, 5) is 2.33. The van der Waals surface area contributed by atoms with Gasteiger partial charge in [0.2, 0.25) is 0 Å². The maximum atomic E-state index is 13.7. The lowest BCUT2D eigenvalue weighted by Crippen LogP contribution is -2.41. The fourth-order valence-corrected chi connectivity index (χ4v) is 3.73. The van der Waals surface area contributed by atoms with E-state index in [9.17, 15) is 4.39 Å². The molecule has 2 nitrogen and oxygen atoms in total. The Morgan fingerprint density at radius 1 is 1.17 bits per heavy atom. The Labute approximate surface area is 140 Å². The van der Waals surface area contributed by atoms with Crippen molar-refractivity contribution in [1.82, 2.24) is 10.2 Å². The average Bonchev–Trinajstić information content (AvgIpc) is 3.08. The predicted molar refractivity (Wildman–Crippen MR) is 92.3 cm³/mol. The smallest absolute Gasteiger partial charge is 0.123 e. The number of rotatable bonds is 2. The number of nitrogens with one attached hydrogen (secondary N) is 1. The van der Waals surface area contributed by atoms with E-state index in [0.29, 0.717) is 0 Å². The molecule has 0 bridgehead atoms. The van der Waals surface area contributed by atoms with Crippen molar-refractivity contribution in [3.05, 3.63) is 70.0 Å². The molecule has 1 saturated heterocycles. The second kappa shape index (κ2) is 5.99. The van der Waals surface area contributed by atoms with Gasteiger partial charge in [0.1, 0.15) is 5.82 Å². The van der Waals surface area contributed by atoms with E-state index in [1.807, 2.05) is 18.2 Å². The lowest BCUT2D eigenvalue weighted by molar-refractivity contribution is 0.265. The second-order valence-electron chi connectivity index (χ2n) is 6.09. The van der Waals surface area contributed by atoms with Crippen molar-refractivity contribution in [3.63, 3.8) is 0 Å². The summed E-state index contributed by atoms with van der Waals surface area (Å²) in [5, 5.41) is 4.29. The average molecular weight is 329 g/mol. The molecule has 0 radical (unpaired) electrons. The third-order valence-electron chi connectivity index (χ3n) is 4.61. The minimum atomic E-state index is -0.215. The third kappa shape index (κ3) is 2.75. The second-order valence-corrected chi connectivity index (χ2v) is 6.50. The lowest BCUT2D eigenvalue weighted by atomic mass is 9.97. The third-order valence-corrected chi connectivity index (χ3v) is 4.93. The molecule has 0 saturated carbocycles. The molecule has 2 heterocycles. The predicted octanol–water partition coefficient (Wildman–Crippen LogP) is 4.50. The first-order chi connectivity index (χ1) is 11.2. The molecule has 0 spiro atoms. The van der Waals surface area contributed by atoms with Gasteiger partial charge in [-0.3, -0.25) is 5.32 Å². The van der Waals surface area contributed by atoms with Gasteiger partial charge in [-0.15, -0.1) is 0 Å². The molecule has 1 atom stereocenters. The van der Waals surface area contributed by atoms with Crippen molar-refractivity contribution in [2.75, 3.05) is 6.54 Å². The van der Waals surface area contributed by atoms with Crippen LogP contribution in [0.15, 0.2) is 42.5 Å². The Balaban J connectivity index is 1.84. The van der Waals surface area contributed by atoms with Crippen LogP contribution in [0.4, 0.5) is 4.39 Å². The molecular weight excluding hydrogens is 311 g/mol. The number of nitrogens with zero attached hydrogens (tertiary/aromatic N) is 1. The summed E-state index contributed by atoms with van der Waals surface area (Å²) in [6, 6.07) is 12.8. The molecule has 4 rings (SSSR count). The maximum Gasteiger partial charge on any atom is 0.123 e. The van der Waals surface area contributed by atoms with Crippen LogP contribution in [0, 0.1) is 5.82 Å². The van der Waals surface area contributed by atoms with Crippen molar-refractivity contribution < 1.29 is 4.39 Å². The first kappa shape index (κ1) is 14.7. The summed E-state index contributed by atoms with van der Waals surface area (Å²) < 4.78 is 13.7. The monoisotopic (exact) mass is 328 g/mol. The van der Waals surface area contributed by atoms with Gasteiger partial charge in [-0.1, -0.05) is 35.9 Å². The highest BCUT2D eigenvalue weighted by Crippen LogP contribution is 2.36. The van der Waals surface area contributed by atoms with Crippen LogP contribution in [-0.4, -0.2) is 17.6 Å².